The van der Waals surface area contributed by atoms with Crippen LogP contribution in [0.1, 0.15) is 37.7 Å². The Kier molecular flexibility index (Phi) is 6.48. The summed E-state index contributed by atoms with van der Waals surface area (Å²) in [6.07, 6.45) is 5.68. The summed E-state index contributed by atoms with van der Waals surface area (Å²) in [5, 5.41) is 6.30. The Hall–Kier alpha value is -1.15. The molecule has 2 aliphatic rings. The van der Waals surface area contributed by atoms with Crippen LogP contribution in [0.3, 0.4) is 0 Å². The lowest BCUT2D eigenvalue weighted by Crippen LogP contribution is -2.39. The lowest BCUT2D eigenvalue weighted by Gasteiger charge is -2.24. The highest BCUT2D eigenvalue weighted by Gasteiger charge is 2.38. The van der Waals surface area contributed by atoms with E-state index in [9.17, 15) is 13.2 Å². The van der Waals surface area contributed by atoms with Gasteiger partial charge in [0.2, 0.25) is 15.9 Å². The molecule has 2 fully saturated rings. The fourth-order valence-corrected chi connectivity index (χ4v) is 4.82. The summed E-state index contributed by atoms with van der Waals surface area (Å²) in [5.74, 6) is 0.508. The van der Waals surface area contributed by atoms with E-state index in [1.807, 2.05) is 0 Å². The lowest BCUT2D eigenvalue weighted by molar-refractivity contribution is -0.117. The number of halogens is 1. The van der Waals surface area contributed by atoms with Crippen LogP contribution in [0.2, 0.25) is 0 Å². The zero-order chi connectivity index (χ0) is 17.3. The second-order valence-electron chi connectivity index (χ2n) is 6.78. The van der Waals surface area contributed by atoms with Gasteiger partial charge in [-0.1, -0.05) is 18.9 Å². The van der Waals surface area contributed by atoms with Crippen LogP contribution in [0.25, 0.3) is 0 Å². The minimum atomic E-state index is -3.54. The van der Waals surface area contributed by atoms with Crippen LogP contribution in [0.5, 0.6) is 0 Å². The van der Waals surface area contributed by atoms with E-state index in [4.69, 9.17) is 0 Å². The van der Waals surface area contributed by atoms with Crippen LogP contribution >= 0.6 is 12.4 Å². The Morgan fingerprint density at radius 3 is 2.64 bits per heavy atom. The van der Waals surface area contributed by atoms with E-state index in [1.165, 1.54) is 32.4 Å². The molecule has 1 saturated heterocycles. The normalized spacial score (nSPS) is 25.8. The van der Waals surface area contributed by atoms with E-state index in [0.717, 1.165) is 12.8 Å². The Bertz CT molecular complexity index is 725. The van der Waals surface area contributed by atoms with Gasteiger partial charge >= 0.3 is 0 Å². The first-order valence-corrected chi connectivity index (χ1v) is 10.00. The van der Waals surface area contributed by atoms with Gasteiger partial charge in [0.15, 0.2) is 0 Å². The first-order valence-electron chi connectivity index (χ1n) is 8.52. The highest BCUT2D eigenvalue weighted by Crippen LogP contribution is 2.33. The summed E-state index contributed by atoms with van der Waals surface area (Å²) < 4.78 is 26.4. The molecule has 1 aromatic carbocycles. The molecule has 140 valence electrons. The molecule has 0 radical (unpaired) electrons. The summed E-state index contributed by atoms with van der Waals surface area (Å²) in [4.78, 5) is 12.7. The second kappa shape index (κ2) is 8.03. The molecule has 3 unspecified atom stereocenters. The first kappa shape index (κ1) is 20.2. The minimum absolute atomic E-state index is 0. The van der Waals surface area contributed by atoms with Crippen molar-refractivity contribution in [3.8, 4) is 0 Å². The minimum Gasteiger partial charge on any atom is -0.325 e. The van der Waals surface area contributed by atoms with Crippen LogP contribution in [-0.2, 0) is 14.8 Å². The summed E-state index contributed by atoms with van der Waals surface area (Å²) in [5.41, 5.74) is 1.16. The van der Waals surface area contributed by atoms with Crippen LogP contribution in [0, 0.1) is 12.8 Å². The zero-order valence-corrected chi connectivity index (χ0v) is 16.2. The van der Waals surface area contributed by atoms with Gasteiger partial charge in [-0.05, 0) is 56.8 Å². The number of fused-ring (bicyclic) bond motifs is 1. The number of benzene rings is 1. The standard InChI is InChI=1S/C17H25N3O3S.ClH/c1-11-7-8-13(10-16(11)24(22,23)18-2)19-17(21)15-9-12-5-3-4-6-14(12)20-15;/h7-8,10,12,14-15,18,20H,3-6,9H2,1-2H3,(H,19,21);1H. The molecule has 1 aliphatic carbocycles. The smallest absolute Gasteiger partial charge is 0.241 e. The van der Waals surface area contributed by atoms with Gasteiger partial charge in [0.05, 0.1) is 10.9 Å². The average Bonchev–Trinajstić information content (AvgIpc) is 3.00. The average molecular weight is 388 g/mol. The predicted octanol–water partition coefficient (Wildman–Crippen LogP) is 2.18. The quantitative estimate of drug-likeness (QED) is 0.739. The third-order valence-electron chi connectivity index (χ3n) is 5.19. The highest BCUT2D eigenvalue weighted by atomic mass is 35.5. The molecule has 3 rings (SSSR count). The number of amides is 1. The maximum Gasteiger partial charge on any atom is 0.241 e. The highest BCUT2D eigenvalue weighted by molar-refractivity contribution is 7.89. The summed E-state index contributed by atoms with van der Waals surface area (Å²) in [7, 11) is -2.16. The van der Waals surface area contributed by atoms with Gasteiger partial charge in [0, 0.05) is 11.7 Å². The fourth-order valence-electron chi connectivity index (χ4n) is 3.83. The van der Waals surface area contributed by atoms with E-state index in [1.54, 1.807) is 19.1 Å². The Morgan fingerprint density at radius 2 is 1.96 bits per heavy atom. The van der Waals surface area contributed by atoms with E-state index < -0.39 is 10.0 Å². The molecule has 3 N–H and O–H groups in total. The second-order valence-corrected chi connectivity index (χ2v) is 8.64. The van der Waals surface area contributed by atoms with Gasteiger partial charge in [0.25, 0.3) is 0 Å². The van der Waals surface area contributed by atoms with Crippen molar-refractivity contribution >= 4 is 34.0 Å². The molecular formula is C17H26ClN3O3S. The third-order valence-corrected chi connectivity index (χ3v) is 6.75. The molecule has 1 saturated carbocycles. The maximum absolute atomic E-state index is 12.5. The van der Waals surface area contributed by atoms with Crippen molar-refractivity contribution in [1.29, 1.82) is 0 Å². The number of carbonyl (C=O) groups excluding carboxylic acids is 1. The lowest BCUT2D eigenvalue weighted by atomic mass is 9.85. The van der Waals surface area contributed by atoms with Gasteiger partial charge in [-0.3, -0.25) is 4.79 Å². The third kappa shape index (κ3) is 4.34. The number of rotatable bonds is 4. The number of carbonyl (C=O) groups is 1. The molecule has 0 spiro atoms. The largest absolute Gasteiger partial charge is 0.325 e. The van der Waals surface area contributed by atoms with Gasteiger partial charge < -0.3 is 10.6 Å². The van der Waals surface area contributed by atoms with Gasteiger partial charge in [-0.25, -0.2) is 13.1 Å². The van der Waals surface area contributed by atoms with Crippen molar-refractivity contribution < 1.29 is 13.2 Å². The Labute approximate surface area is 155 Å². The number of sulfonamides is 1. The molecule has 1 amide bonds. The maximum atomic E-state index is 12.5. The summed E-state index contributed by atoms with van der Waals surface area (Å²) in [6, 6.07) is 5.23. The molecular weight excluding hydrogens is 362 g/mol. The van der Waals surface area contributed by atoms with Gasteiger partial charge in [0.1, 0.15) is 0 Å². The van der Waals surface area contributed by atoms with Crippen LogP contribution in [-0.4, -0.2) is 33.5 Å². The van der Waals surface area contributed by atoms with Crippen molar-refractivity contribution in [3.05, 3.63) is 23.8 Å². The van der Waals surface area contributed by atoms with Crippen LogP contribution in [0.15, 0.2) is 23.1 Å². The van der Waals surface area contributed by atoms with Crippen molar-refractivity contribution in [3.63, 3.8) is 0 Å². The molecule has 1 heterocycles. The van der Waals surface area contributed by atoms with Gasteiger partial charge in [-0.2, -0.15) is 0 Å². The fraction of sp³-hybridized carbons (Fsp3) is 0.588. The molecule has 25 heavy (non-hydrogen) atoms. The molecule has 6 nitrogen and oxygen atoms in total. The number of aryl methyl sites for hydroxylation is 1. The Balaban J connectivity index is 0.00000225. The summed E-state index contributed by atoms with van der Waals surface area (Å²) >= 11 is 0. The topological polar surface area (TPSA) is 87.3 Å². The first-order chi connectivity index (χ1) is 11.4. The molecule has 1 aromatic rings. The van der Waals surface area contributed by atoms with Crippen LogP contribution in [0.4, 0.5) is 5.69 Å². The molecule has 8 heteroatoms. The van der Waals surface area contributed by atoms with Crippen molar-refractivity contribution in [2.24, 2.45) is 5.92 Å². The van der Waals surface area contributed by atoms with Crippen molar-refractivity contribution in [1.82, 2.24) is 10.0 Å². The number of anilines is 1. The zero-order valence-electron chi connectivity index (χ0n) is 14.5. The predicted molar refractivity (Wildman–Crippen MR) is 101 cm³/mol. The Morgan fingerprint density at radius 1 is 1.24 bits per heavy atom. The molecule has 3 atom stereocenters. The van der Waals surface area contributed by atoms with E-state index >= 15 is 0 Å². The van der Waals surface area contributed by atoms with Crippen LogP contribution < -0.4 is 15.4 Å². The van der Waals surface area contributed by atoms with Crippen molar-refractivity contribution in [2.45, 2.75) is 56.0 Å². The molecule has 0 bridgehead atoms. The SMILES string of the molecule is CNS(=O)(=O)c1cc(NC(=O)C2CC3CCCCC3N2)ccc1C.Cl. The summed E-state index contributed by atoms with van der Waals surface area (Å²) in [6.45, 7) is 1.74. The molecule has 1 aliphatic heterocycles. The number of hydrogen-bond donors (Lipinski definition) is 3. The van der Waals surface area contributed by atoms with E-state index in [2.05, 4.69) is 15.4 Å². The number of nitrogens with one attached hydrogen (secondary N) is 3. The molecule has 0 aromatic heterocycles. The number of hydrogen-bond acceptors (Lipinski definition) is 4. The van der Waals surface area contributed by atoms with E-state index in [0.29, 0.717) is 23.2 Å². The van der Waals surface area contributed by atoms with E-state index in [-0.39, 0.29) is 29.3 Å². The monoisotopic (exact) mass is 387 g/mol. The van der Waals surface area contributed by atoms with Crippen molar-refractivity contribution in [2.75, 3.05) is 12.4 Å². The van der Waals surface area contributed by atoms with Gasteiger partial charge in [-0.15, -0.1) is 12.4 Å².